The van der Waals surface area contributed by atoms with Gasteiger partial charge < -0.3 is 10.6 Å². The number of aromatic nitrogens is 1. The van der Waals surface area contributed by atoms with Crippen molar-refractivity contribution in [3.63, 3.8) is 0 Å². The molecule has 0 aliphatic carbocycles. The lowest BCUT2D eigenvalue weighted by molar-refractivity contribution is -0.384. The van der Waals surface area contributed by atoms with E-state index in [2.05, 4.69) is 31.5 Å². The molecule has 1 aliphatic heterocycles. The molecule has 0 unspecified atom stereocenters. The van der Waals surface area contributed by atoms with Gasteiger partial charge in [-0.25, -0.2) is 4.98 Å². The molecule has 2 heterocycles. The second kappa shape index (κ2) is 9.77. The molecule has 0 bridgehead atoms. The Morgan fingerprint density at radius 1 is 1.30 bits per heavy atom. The molecule has 1 fully saturated rings. The molecule has 0 spiro atoms. The van der Waals surface area contributed by atoms with Crippen LogP contribution in [0.1, 0.15) is 19.8 Å². The predicted octanol–water partition coefficient (Wildman–Crippen LogP) is 3.43. The van der Waals surface area contributed by atoms with E-state index in [4.69, 9.17) is 0 Å². The third-order valence-electron chi connectivity index (χ3n) is 5.05. The van der Waals surface area contributed by atoms with E-state index in [1.807, 2.05) is 4.90 Å². The molecular weight excluding hydrogens is 454 g/mol. The highest BCUT2D eigenvalue weighted by Crippen LogP contribution is 2.22. The highest BCUT2D eigenvalue weighted by atomic mass is 79.9. The van der Waals surface area contributed by atoms with Crippen LogP contribution in [-0.4, -0.2) is 45.8 Å². The van der Waals surface area contributed by atoms with Crippen molar-refractivity contribution in [3.05, 3.63) is 57.2 Å². The first kappa shape index (κ1) is 21.8. The third-order valence-corrected chi connectivity index (χ3v) is 5.52. The lowest BCUT2D eigenvalue weighted by atomic mass is 9.96. The number of piperidine rings is 1. The minimum absolute atomic E-state index is 0.0864. The van der Waals surface area contributed by atoms with Crippen molar-refractivity contribution in [2.45, 2.75) is 25.8 Å². The molecule has 158 valence electrons. The van der Waals surface area contributed by atoms with Gasteiger partial charge in [0.05, 0.1) is 16.9 Å². The number of carbonyl (C=O) groups is 2. The number of anilines is 2. The number of pyridine rings is 1. The van der Waals surface area contributed by atoms with Crippen LogP contribution in [0.25, 0.3) is 0 Å². The van der Waals surface area contributed by atoms with E-state index >= 15 is 0 Å². The van der Waals surface area contributed by atoms with Crippen LogP contribution < -0.4 is 10.6 Å². The second-order valence-corrected chi connectivity index (χ2v) is 8.07. The van der Waals surface area contributed by atoms with Crippen LogP contribution >= 0.6 is 15.9 Å². The summed E-state index contributed by atoms with van der Waals surface area (Å²) in [6.45, 7) is 2.92. The second-order valence-electron chi connectivity index (χ2n) is 7.16. The number of nitrogens with one attached hydrogen (secondary N) is 2. The van der Waals surface area contributed by atoms with Gasteiger partial charge in [-0.05, 0) is 60.4 Å². The monoisotopic (exact) mass is 475 g/mol. The van der Waals surface area contributed by atoms with Gasteiger partial charge in [-0.3, -0.25) is 24.6 Å². The molecule has 2 atom stereocenters. The third kappa shape index (κ3) is 5.61. The molecule has 10 heteroatoms. The van der Waals surface area contributed by atoms with Crippen molar-refractivity contribution >= 4 is 44.9 Å². The van der Waals surface area contributed by atoms with E-state index in [1.54, 1.807) is 31.3 Å². The summed E-state index contributed by atoms with van der Waals surface area (Å²) in [6, 6.07) is 8.86. The summed E-state index contributed by atoms with van der Waals surface area (Å²) >= 11 is 3.31. The Morgan fingerprint density at radius 3 is 2.80 bits per heavy atom. The van der Waals surface area contributed by atoms with Gasteiger partial charge in [0.15, 0.2) is 0 Å². The molecule has 3 rings (SSSR count). The fourth-order valence-electron chi connectivity index (χ4n) is 3.36. The van der Waals surface area contributed by atoms with Gasteiger partial charge in [0, 0.05) is 35.0 Å². The van der Waals surface area contributed by atoms with Gasteiger partial charge in [-0.1, -0.05) is 6.07 Å². The van der Waals surface area contributed by atoms with Crippen LogP contribution in [0.4, 0.5) is 17.2 Å². The van der Waals surface area contributed by atoms with Crippen LogP contribution in [-0.2, 0) is 9.59 Å². The highest BCUT2D eigenvalue weighted by Gasteiger charge is 2.31. The number of nitrogens with zero attached hydrogens (tertiary/aromatic N) is 3. The molecule has 0 saturated carbocycles. The standard InChI is InChI=1S/C20H22BrN5O4/c1-13(19(27)23-16-5-2-6-17(10-16)26(29)30)25-9-3-4-14(12-25)20(28)24-18-8-7-15(21)11-22-18/h2,5-8,10-11,13-14H,3-4,9,12H2,1H3,(H,23,27)(H,22,24,28)/t13-,14-/m1/s1. The van der Waals surface area contributed by atoms with Gasteiger partial charge >= 0.3 is 0 Å². The van der Waals surface area contributed by atoms with Gasteiger partial charge in [0.1, 0.15) is 5.82 Å². The van der Waals surface area contributed by atoms with Crippen LogP contribution in [0.2, 0.25) is 0 Å². The lowest BCUT2D eigenvalue weighted by Gasteiger charge is -2.35. The maximum absolute atomic E-state index is 12.7. The van der Waals surface area contributed by atoms with E-state index in [1.165, 1.54) is 18.2 Å². The van der Waals surface area contributed by atoms with Crippen molar-refractivity contribution < 1.29 is 14.5 Å². The number of non-ortho nitro benzene ring substituents is 1. The summed E-state index contributed by atoms with van der Waals surface area (Å²) in [4.78, 5) is 41.8. The topological polar surface area (TPSA) is 117 Å². The van der Waals surface area contributed by atoms with Crippen LogP contribution in [0.5, 0.6) is 0 Å². The normalized spacial score (nSPS) is 17.7. The van der Waals surface area contributed by atoms with Crippen molar-refractivity contribution in [1.29, 1.82) is 0 Å². The molecule has 30 heavy (non-hydrogen) atoms. The molecule has 9 nitrogen and oxygen atoms in total. The maximum Gasteiger partial charge on any atom is 0.271 e. The Bertz CT molecular complexity index is 937. The largest absolute Gasteiger partial charge is 0.324 e. The Hall–Kier alpha value is -2.85. The van der Waals surface area contributed by atoms with Gasteiger partial charge in [-0.2, -0.15) is 0 Å². The molecule has 1 saturated heterocycles. The number of halogens is 1. The SMILES string of the molecule is C[C@H](C(=O)Nc1cccc([N+](=O)[O-])c1)N1CCC[C@@H](C(=O)Nc2ccc(Br)cn2)C1. The quantitative estimate of drug-likeness (QED) is 0.487. The summed E-state index contributed by atoms with van der Waals surface area (Å²) in [5.41, 5.74) is 0.283. The molecule has 1 aliphatic rings. The summed E-state index contributed by atoms with van der Waals surface area (Å²) in [5, 5.41) is 16.5. The molecule has 2 aromatic rings. The summed E-state index contributed by atoms with van der Waals surface area (Å²) in [7, 11) is 0. The number of carbonyl (C=O) groups excluding carboxylic acids is 2. The molecule has 0 radical (unpaired) electrons. The van der Waals surface area contributed by atoms with E-state index in [-0.39, 0.29) is 23.4 Å². The first-order valence-electron chi connectivity index (χ1n) is 9.55. The number of rotatable bonds is 6. The molecule has 1 aromatic carbocycles. The van der Waals surface area contributed by atoms with Gasteiger partial charge in [-0.15, -0.1) is 0 Å². The minimum Gasteiger partial charge on any atom is -0.324 e. The van der Waals surface area contributed by atoms with Crippen molar-refractivity contribution in [3.8, 4) is 0 Å². The van der Waals surface area contributed by atoms with Crippen LogP contribution in [0, 0.1) is 16.0 Å². The van der Waals surface area contributed by atoms with E-state index in [0.717, 1.165) is 17.3 Å². The number of hydrogen-bond acceptors (Lipinski definition) is 6. The average molecular weight is 476 g/mol. The molecular formula is C20H22BrN5O4. The maximum atomic E-state index is 12.7. The summed E-state index contributed by atoms with van der Waals surface area (Å²) in [6.07, 6.45) is 3.14. The fraction of sp³-hybridized carbons (Fsp3) is 0.350. The minimum atomic E-state index is -0.507. The first-order chi connectivity index (χ1) is 14.3. The number of amides is 2. The van der Waals surface area contributed by atoms with E-state index < -0.39 is 11.0 Å². The number of hydrogen-bond donors (Lipinski definition) is 2. The number of nitro groups is 1. The Kier molecular flexibility index (Phi) is 7.11. The first-order valence-corrected chi connectivity index (χ1v) is 10.3. The lowest BCUT2D eigenvalue weighted by Crippen LogP contribution is -2.49. The zero-order valence-corrected chi connectivity index (χ0v) is 18.0. The zero-order chi connectivity index (χ0) is 21.7. The van der Waals surface area contributed by atoms with Crippen LogP contribution in [0.3, 0.4) is 0 Å². The number of nitro benzene ring substituents is 1. The number of benzene rings is 1. The Labute approximate surface area is 182 Å². The predicted molar refractivity (Wildman–Crippen MR) is 116 cm³/mol. The zero-order valence-electron chi connectivity index (χ0n) is 16.4. The smallest absolute Gasteiger partial charge is 0.271 e. The van der Waals surface area contributed by atoms with Crippen molar-refractivity contribution in [2.75, 3.05) is 23.7 Å². The Balaban J connectivity index is 1.59. The van der Waals surface area contributed by atoms with Gasteiger partial charge in [0.2, 0.25) is 11.8 Å². The summed E-state index contributed by atoms with van der Waals surface area (Å²) in [5.74, 6) is -0.166. The van der Waals surface area contributed by atoms with E-state index in [0.29, 0.717) is 24.6 Å². The molecule has 2 amide bonds. The average Bonchev–Trinajstić information content (AvgIpc) is 2.75. The summed E-state index contributed by atoms with van der Waals surface area (Å²) < 4.78 is 0.827. The van der Waals surface area contributed by atoms with E-state index in [9.17, 15) is 19.7 Å². The Morgan fingerprint density at radius 2 is 2.10 bits per heavy atom. The molecule has 2 N–H and O–H groups in total. The van der Waals surface area contributed by atoms with Crippen molar-refractivity contribution in [2.24, 2.45) is 5.92 Å². The highest BCUT2D eigenvalue weighted by molar-refractivity contribution is 9.10. The molecule has 1 aromatic heterocycles. The van der Waals surface area contributed by atoms with Gasteiger partial charge in [0.25, 0.3) is 5.69 Å². The number of likely N-dealkylation sites (tertiary alicyclic amines) is 1. The fourth-order valence-corrected chi connectivity index (χ4v) is 3.59. The van der Waals surface area contributed by atoms with Crippen LogP contribution in [0.15, 0.2) is 47.1 Å². The van der Waals surface area contributed by atoms with Crippen molar-refractivity contribution in [1.82, 2.24) is 9.88 Å².